The third-order valence-electron chi connectivity index (χ3n) is 20.0. The Morgan fingerprint density at radius 1 is 0.453 bits per heavy atom. The molecule has 594 valence electrons. The molecule has 4 rings (SSSR count). The van der Waals surface area contributed by atoms with Crippen LogP contribution < -0.4 is 21.3 Å². The highest BCUT2D eigenvalue weighted by atomic mass is 16.5. The van der Waals surface area contributed by atoms with Gasteiger partial charge in [-0.05, 0) is 120 Å². The molecule has 2 heterocycles. The average molecular weight is 1480 g/mol. The summed E-state index contributed by atoms with van der Waals surface area (Å²) >= 11 is 0. The number of nitrogens with zero attached hydrogens (tertiary/aromatic N) is 9. The highest BCUT2D eigenvalue weighted by Crippen LogP contribution is 2.25. The van der Waals surface area contributed by atoms with E-state index in [9.17, 15) is 24.3 Å². The van der Waals surface area contributed by atoms with E-state index in [0.717, 1.165) is 11.3 Å². The molecular weight excluding hydrogens is 1350 g/mol. The Morgan fingerprint density at radius 3 is 1.36 bits per heavy atom. The summed E-state index contributed by atoms with van der Waals surface area (Å²) in [6, 6.07) is 4.56. The van der Waals surface area contributed by atoms with Crippen LogP contribution in [0, 0.1) is 29.6 Å². The lowest BCUT2D eigenvalue weighted by atomic mass is 9.96. The highest BCUT2D eigenvalue weighted by molar-refractivity contribution is 6.00. The molecule has 2 aliphatic heterocycles. The Hall–Kier alpha value is -8.04. The summed E-state index contributed by atoms with van der Waals surface area (Å²) in [5.74, 6) is -8.99. The third-order valence-corrected chi connectivity index (χ3v) is 20.0. The molecule has 0 radical (unpaired) electrons. The predicted octanol–water partition coefficient (Wildman–Crippen LogP) is 4.22. The fourth-order valence-electron chi connectivity index (χ4n) is 13.5. The first-order valence-corrected chi connectivity index (χ1v) is 38.1. The molecule has 2 aromatic carbocycles. The molecule has 0 bridgehead atoms. The summed E-state index contributed by atoms with van der Waals surface area (Å²) in [6.07, 6.45) is 0.605. The molecule has 5 N–H and O–H groups in total. The Labute approximate surface area is 631 Å². The van der Waals surface area contributed by atoms with E-state index in [2.05, 4.69) is 21.3 Å². The van der Waals surface area contributed by atoms with Gasteiger partial charge >= 0.3 is 0 Å². The lowest BCUT2D eigenvalue weighted by Gasteiger charge is -2.38. The number of aliphatic hydroxyl groups excluding tert-OH is 1. The predicted molar refractivity (Wildman–Crippen MR) is 408 cm³/mol. The van der Waals surface area contributed by atoms with E-state index in [1.54, 1.807) is 65.6 Å². The Balaban J connectivity index is 1.98. The van der Waals surface area contributed by atoms with E-state index in [1.165, 1.54) is 85.7 Å². The van der Waals surface area contributed by atoms with Crippen molar-refractivity contribution in [3.63, 3.8) is 0 Å². The summed E-state index contributed by atoms with van der Waals surface area (Å²) in [5, 5.41) is 23.0. The standard InChI is InChI=1S/C79H129N13O14/c1-50(2)41-58-74(100)87(16)63(44-53(7)8)73(99)83-69(55(11)93)79(105)91(20)65(45-54(9)10)77(103)88(17)62(43-52(5)6)71(97)81-59(76(102)92-37-28-23-29-38-92)48-68(95)85(14)36-30-35-67(94)86(15)61(42-51(3)4)70(96)82-60(49-106-40-39-84(12)13)75(101)90(19)66(47-57-33-26-22-27-34-57)78(104)89(18)64(72(98)80-58)46-56-31-24-21-25-32-56/h21-22,24-27,31-34,50-55,58-66,69,93H,23,28-30,35-49H2,1-20H3,(H,80,98)(H,81,97)(H,82,96)(H,83,99)/t55-,58+,59+,60+,61+,62+,63+,64+,65+,66+,69?/m1/s1. The molecule has 0 aliphatic carbocycles. The van der Waals surface area contributed by atoms with Crippen molar-refractivity contribution >= 4 is 70.9 Å². The van der Waals surface area contributed by atoms with Crippen LogP contribution >= 0.6 is 0 Å². The van der Waals surface area contributed by atoms with Crippen LogP contribution in [0.1, 0.15) is 158 Å². The van der Waals surface area contributed by atoms with Crippen molar-refractivity contribution in [2.75, 3.05) is 103 Å². The first-order valence-electron chi connectivity index (χ1n) is 38.1. The molecule has 2 aliphatic rings. The molecule has 11 atom stereocenters. The number of hydrogen-bond donors (Lipinski definition) is 5. The molecule has 2 fully saturated rings. The maximum atomic E-state index is 15.8. The SMILES string of the molecule is CC(C)C[C@@H]1NC(=O)[C@H](Cc2ccccc2)N(C)C(=O)[C@H](Cc2ccccc2)N(C)C(=O)[C@H](COCCN(C)C)NC(=O)[C@H](CC(C)C)N(C)C(=O)CCCN(C)C(=O)C[C@@H](C(=O)N2CCCCC2)NC(=O)[C@H](CC(C)C)N(C)C(=O)[C@H](CC(C)C)N(C)C(=O)C([C@@H](C)O)NC(=O)[C@H](CC(C)C)N(C)C1=O. The van der Waals surface area contributed by atoms with Gasteiger partial charge in [0.25, 0.3) is 0 Å². The van der Waals surface area contributed by atoms with Gasteiger partial charge < -0.3 is 75.2 Å². The molecule has 27 nitrogen and oxygen atoms in total. The van der Waals surface area contributed by atoms with Crippen molar-refractivity contribution in [1.82, 2.24) is 65.4 Å². The van der Waals surface area contributed by atoms with Gasteiger partial charge in [-0.2, -0.15) is 0 Å². The zero-order valence-electron chi connectivity index (χ0n) is 67.2. The summed E-state index contributed by atoms with van der Waals surface area (Å²) in [5.41, 5.74) is 1.31. The summed E-state index contributed by atoms with van der Waals surface area (Å²) in [6.45, 7) is 21.0. The molecular formula is C79H129N13O14. The molecule has 2 aromatic rings. The number of rotatable bonds is 21. The van der Waals surface area contributed by atoms with Gasteiger partial charge in [0, 0.05) is 94.8 Å². The lowest BCUT2D eigenvalue weighted by Crippen LogP contribution is -2.63. The van der Waals surface area contributed by atoms with Crippen LogP contribution in [0.15, 0.2) is 60.7 Å². The first kappa shape index (κ1) is 90.4. The Kier molecular flexibility index (Phi) is 37.2. The summed E-state index contributed by atoms with van der Waals surface area (Å²) in [7, 11) is 13.8. The van der Waals surface area contributed by atoms with Crippen LogP contribution in [-0.4, -0.2) is 289 Å². The largest absolute Gasteiger partial charge is 0.391 e. The number of carbonyl (C=O) groups is 12. The quantitative estimate of drug-likeness (QED) is 0.109. The molecule has 12 amide bonds. The second-order valence-electron chi connectivity index (χ2n) is 31.7. The van der Waals surface area contributed by atoms with Crippen molar-refractivity contribution in [3.05, 3.63) is 71.8 Å². The number of carbonyl (C=O) groups excluding carboxylic acids is 12. The van der Waals surface area contributed by atoms with E-state index < -0.39 is 144 Å². The topological polar surface area (TPSA) is 312 Å². The normalized spacial score (nSPS) is 24.7. The number of benzene rings is 2. The molecule has 0 aromatic heterocycles. The molecule has 2 saturated heterocycles. The van der Waals surface area contributed by atoms with E-state index >= 15 is 38.4 Å². The van der Waals surface area contributed by atoms with Gasteiger partial charge in [-0.1, -0.05) is 130 Å². The number of aliphatic hydroxyl groups is 1. The van der Waals surface area contributed by atoms with Crippen LogP contribution in [0.4, 0.5) is 0 Å². The smallest absolute Gasteiger partial charge is 0.248 e. The fourth-order valence-corrected chi connectivity index (χ4v) is 13.5. The molecule has 0 spiro atoms. The Bertz CT molecular complexity index is 3200. The van der Waals surface area contributed by atoms with Gasteiger partial charge in [0.1, 0.15) is 60.4 Å². The van der Waals surface area contributed by atoms with Gasteiger partial charge in [-0.25, -0.2) is 0 Å². The van der Waals surface area contributed by atoms with Crippen molar-refractivity contribution < 1.29 is 67.4 Å². The number of likely N-dealkylation sites (tertiary alicyclic amines) is 1. The van der Waals surface area contributed by atoms with Gasteiger partial charge in [-0.3, -0.25) is 57.5 Å². The van der Waals surface area contributed by atoms with Crippen LogP contribution in [0.2, 0.25) is 0 Å². The van der Waals surface area contributed by atoms with Crippen molar-refractivity contribution in [1.29, 1.82) is 0 Å². The molecule has 27 heteroatoms. The van der Waals surface area contributed by atoms with Crippen molar-refractivity contribution in [2.45, 2.75) is 226 Å². The maximum absolute atomic E-state index is 15.8. The van der Waals surface area contributed by atoms with E-state index in [0.29, 0.717) is 43.6 Å². The molecule has 106 heavy (non-hydrogen) atoms. The summed E-state index contributed by atoms with van der Waals surface area (Å²) in [4.78, 5) is 193. The maximum Gasteiger partial charge on any atom is 0.248 e. The van der Waals surface area contributed by atoms with Crippen LogP contribution in [0.5, 0.6) is 0 Å². The number of likely N-dealkylation sites (N-methyl/N-ethyl adjacent to an activating group) is 7. The summed E-state index contributed by atoms with van der Waals surface area (Å²) < 4.78 is 6.12. The number of nitrogens with one attached hydrogen (secondary N) is 4. The number of amides is 12. The minimum Gasteiger partial charge on any atom is -0.391 e. The minimum absolute atomic E-state index is 0.0329. The van der Waals surface area contributed by atoms with E-state index in [-0.39, 0.29) is 107 Å². The van der Waals surface area contributed by atoms with E-state index in [4.69, 9.17) is 4.74 Å². The molecule has 1 unspecified atom stereocenters. The number of hydrogen-bond acceptors (Lipinski definition) is 15. The van der Waals surface area contributed by atoms with Gasteiger partial charge in [-0.15, -0.1) is 0 Å². The lowest BCUT2D eigenvalue weighted by molar-refractivity contribution is -0.152. The van der Waals surface area contributed by atoms with Gasteiger partial charge in [0.15, 0.2) is 0 Å². The van der Waals surface area contributed by atoms with Crippen molar-refractivity contribution in [2.24, 2.45) is 29.6 Å². The molecule has 0 saturated carbocycles. The highest BCUT2D eigenvalue weighted by Gasteiger charge is 2.44. The van der Waals surface area contributed by atoms with Gasteiger partial charge in [0.05, 0.1) is 25.7 Å². The van der Waals surface area contributed by atoms with Crippen LogP contribution in [0.25, 0.3) is 0 Å². The van der Waals surface area contributed by atoms with Crippen LogP contribution in [0.3, 0.4) is 0 Å². The second-order valence-corrected chi connectivity index (χ2v) is 31.7. The van der Waals surface area contributed by atoms with Crippen molar-refractivity contribution in [3.8, 4) is 0 Å². The Morgan fingerprint density at radius 2 is 0.858 bits per heavy atom. The third kappa shape index (κ3) is 27.6. The monoisotopic (exact) mass is 1480 g/mol. The zero-order valence-corrected chi connectivity index (χ0v) is 67.2. The zero-order chi connectivity index (χ0) is 79.6. The van der Waals surface area contributed by atoms with Gasteiger partial charge in [0.2, 0.25) is 70.9 Å². The van der Waals surface area contributed by atoms with Crippen LogP contribution in [-0.2, 0) is 75.1 Å². The fraction of sp³-hybridized carbons (Fsp3) is 0.696. The number of piperidine rings is 1. The average Bonchev–Trinajstić information content (AvgIpc) is 0.817. The number of ether oxygens (including phenoxy) is 1. The van der Waals surface area contributed by atoms with E-state index in [1.807, 2.05) is 88.2 Å². The minimum atomic E-state index is -1.68. The first-order chi connectivity index (χ1) is 49.8. The second kappa shape index (κ2) is 43.7.